The van der Waals surface area contributed by atoms with E-state index in [-0.39, 0.29) is 0 Å². The zero-order valence-corrected chi connectivity index (χ0v) is 34.6. The van der Waals surface area contributed by atoms with Gasteiger partial charge in [0, 0.05) is 0 Å². The molecule has 0 aliphatic carbocycles. The minimum absolute atomic E-state index is 0.743. The van der Waals surface area contributed by atoms with Crippen molar-refractivity contribution in [1.29, 1.82) is 0 Å². The Hall–Kier alpha value is -0.170. The zero-order valence-electron chi connectivity index (χ0n) is 33.7. The van der Waals surface area contributed by atoms with Crippen LogP contribution in [0.4, 0.5) is 0 Å². The van der Waals surface area contributed by atoms with Gasteiger partial charge in [-0.1, -0.05) is 107 Å². The van der Waals surface area contributed by atoms with Crippen molar-refractivity contribution in [2.75, 3.05) is 59.0 Å². The SMILES string of the molecule is CCCC[N+](CCCC)(CCCC)CCCC.CCCC[N+](CCCC)(CCCC)CCCC.O=P([O-])([O-])O[C@@H]1O[C@H](CO)[C@@H](O)[C@H](O)[C@H]1O. The molecule has 1 saturated heterocycles. The highest BCUT2D eigenvalue weighted by atomic mass is 31.2. The molecule has 0 aromatic rings. The van der Waals surface area contributed by atoms with Gasteiger partial charge in [0.05, 0.1) is 66.8 Å². The highest BCUT2D eigenvalue weighted by molar-refractivity contribution is 7.43. The molecule has 5 atom stereocenters. The zero-order chi connectivity index (χ0) is 38.5. The third-order valence-electron chi connectivity index (χ3n) is 9.97. The van der Waals surface area contributed by atoms with Crippen molar-refractivity contribution >= 4 is 7.82 Å². The molecule has 304 valence electrons. The van der Waals surface area contributed by atoms with Gasteiger partial charge in [-0.25, -0.2) is 0 Å². The van der Waals surface area contributed by atoms with Crippen molar-refractivity contribution in [3.63, 3.8) is 0 Å². The van der Waals surface area contributed by atoms with Gasteiger partial charge in [-0.05, 0) is 51.4 Å². The monoisotopic (exact) mass is 743 g/mol. The Morgan fingerprint density at radius 1 is 0.520 bits per heavy atom. The van der Waals surface area contributed by atoms with Crippen LogP contribution in [0.15, 0.2) is 0 Å². The number of hydrogen-bond acceptors (Lipinski definition) is 9. The molecule has 1 fully saturated rings. The molecule has 0 bridgehead atoms. The number of phosphoric acid groups is 1. The lowest BCUT2D eigenvalue weighted by Gasteiger charge is -2.43. The fraction of sp³-hybridized carbons (Fsp3) is 1.00. The summed E-state index contributed by atoms with van der Waals surface area (Å²) in [6.45, 7) is 29.3. The molecule has 0 aromatic carbocycles. The van der Waals surface area contributed by atoms with E-state index in [9.17, 15) is 29.7 Å². The highest BCUT2D eigenvalue weighted by Gasteiger charge is 2.44. The van der Waals surface area contributed by atoms with E-state index in [0.29, 0.717) is 0 Å². The third kappa shape index (κ3) is 23.5. The number of phosphoric ester groups is 1. The number of rotatable bonds is 27. The van der Waals surface area contributed by atoms with E-state index >= 15 is 0 Å². The normalized spacial score (nSPS) is 21.3. The van der Waals surface area contributed by atoms with Gasteiger partial charge < -0.3 is 53.0 Å². The number of aliphatic hydroxyl groups excluding tert-OH is 4. The molecule has 1 aliphatic rings. The topological polar surface area (TPSA) is 163 Å². The standard InChI is InChI=1S/2C16H36N.C6H13O9P/c2*1-5-9-13-17(14-10-6-2,15-11-7-3)16-12-8-4;7-1-2-3(8)4(9)5(10)6(14-2)15-16(11,12)13/h2*5-16H2,1-4H3;2-10H,1H2,(H2,11,12,13)/q2*+1;/p-2/t;;2-,3-,4+,5-,6+/m..1/s1. The van der Waals surface area contributed by atoms with Crippen molar-refractivity contribution in [3.05, 3.63) is 0 Å². The van der Waals surface area contributed by atoms with E-state index in [2.05, 4.69) is 64.7 Å². The molecular formula is C38H83N2O9P. The van der Waals surface area contributed by atoms with Crippen LogP contribution in [0.1, 0.15) is 158 Å². The molecule has 0 saturated carbocycles. The van der Waals surface area contributed by atoms with Gasteiger partial charge in [-0.2, -0.15) is 0 Å². The number of hydrogen-bond donors (Lipinski definition) is 4. The van der Waals surface area contributed by atoms with Gasteiger partial charge in [0.25, 0.3) is 0 Å². The largest absolute Gasteiger partial charge is 0.790 e. The molecular weight excluding hydrogens is 659 g/mol. The number of nitrogens with zero attached hydrogens (tertiary/aromatic N) is 2. The summed E-state index contributed by atoms with van der Waals surface area (Å²) in [5, 5.41) is 36.5. The van der Waals surface area contributed by atoms with Crippen LogP contribution in [0.5, 0.6) is 0 Å². The Kier molecular flexibility index (Phi) is 32.4. The van der Waals surface area contributed by atoms with Crippen LogP contribution < -0.4 is 9.79 Å². The highest BCUT2D eigenvalue weighted by Crippen LogP contribution is 2.33. The maximum absolute atomic E-state index is 10.3. The van der Waals surface area contributed by atoms with Crippen molar-refractivity contribution in [3.8, 4) is 0 Å². The molecule has 0 unspecified atom stereocenters. The summed E-state index contributed by atoms with van der Waals surface area (Å²) in [6, 6.07) is 0. The maximum Gasteiger partial charge on any atom is 0.191 e. The molecule has 0 radical (unpaired) electrons. The lowest BCUT2D eigenvalue weighted by molar-refractivity contribution is -0.929. The van der Waals surface area contributed by atoms with E-state index < -0.39 is 45.1 Å². The fourth-order valence-electron chi connectivity index (χ4n) is 6.57. The molecule has 11 nitrogen and oxygen atoms in total. The Bertz CT molecular complexity index is 691. The molecule has 0 spiro atoms. The van der Waals surface area contributed by atoms with E-state index in [1.165, 1.54) is 164 Å². The molecule has 0 amide bonds. The smallest absolute Gasteiger partial charge is 0.191 e. The second kappa shape index (κ2) is 31.2. The molecule has 12 heteroatoms. The first kappa shape index (κ1) is 51.9. The molecule has 0 aromatic heterocycles. The predicted molar refractivity (Wildman–Crippen MR) is 201 cm³/mol. The summed E-state index contributed by atoms with van der Waals surface area (Å²) in [4.78, 5) is 20.6. The summed E-state index contributed by atoms with van der Waals surface area (Å²) >= 11 is 0. The van der Waals surface area contributed by atoms with Crippen LogP contribution in [0.25, 0.3) is 0 Å². The fourth-order valence-corrected chi connectivity index (χ4v) is 7.00. The van der Waals surface area contributed by atoms with Gasteiger partial charge in [-0.15, -0.1) is 0 Å². The summed E-state index contributed by atoms with van der Waals surface area (Å²) in [5.74, 6) is 0. The molecule has 1 rings (SSSR count). The van der Waals surface area contributed by atoms with Gasteiger partial charge >= 0.3 is 0 Å². The van der Waals surface area contributed by atoms with E-state index in [4.69, 9.17) is 5.11 Å². The molecule has 1 heterocycles. The summed E-state index contributed by atoms with van der Waals surface area (Å²) in [7, 11) is -5.41. The summed E-state index contributed by atoms with van der Waals surface area (Å²) < 4.78 is 21.6. The number of ether oxygens (including phenoxy) is 1. The number of quaternary nitrogens is 2. The first-order chi connectivity index (χ1) is 23.7. The summed E-state index contributed by atoms with van der Waals surface area (Å²) in [5.41, 5.74) is 0. The van der Waals surface area contributed by atoms with Gasteiger partial charge in [-0.3, -0.25) is 0 Å². The first-order valence-electron chi connectivity index (χ1n) is 20.5. The van der Waals surface area contributed by atoms with Crippen LogP contribution in [-0.4, -0.2) is 119 Å². The van der Waals surface area contributed by atoms with Crippen LogP contribution in [0.3, 0.4) is 0 Å². The quantitative estimate of drug-likeness (QED) is 0.0617. The third-order valence-corrected chi connectivity index (χ3v) is 10.4. The number of aliphatic hydroxyl groups is 4. The Labute approximate surface area is 308 Å². The lowest BCUT2D eigenvalue weighted by Crippen LogP contribution is -2.59. The predicted octanol–water partition coefficient (Wildman–Crippen LogP) is 5.64. The summed E-state index contributed by atoms with van der Waals surface area (Å²) in [6.07, 6.45) is 13.5. The average Bonchev–Trinajstić information content (AvgIpc) is 3.10. The molecule has 1 aliphatic heterocycles. The Morgan fingerprint density at radius 3 is 0.980 bits per heavy atom. The maximum atomic E-state index is 10.3. The van der Waals surface area contributed by atoms with Crippen LogP contribution in [0, 0.1) is 0 Å². The van der Waals surface area contributed by atoms with Crippen LogP contribution in [0.2, 0.25) is 0 Å². The van der Waals surface area contributed by atoms with Crippen molar-refractivity contribution < 1.29 is 53.0 Å². The van der Waals surface area contributed by atoms with E-state index in [1.807, 2.05) is 0 Å². The minimum atomic E-state index is -5.41. The van der Waals surface area contributed by atoms with Gasteiger partial charge in [0.2, 0.25) is 0 Å². The van der Waals surface area contributed by atoms with E-state index in [1.54, 1.807) is 0 Å². The second-order valence-corrected chi connectivity index (χ2v) is 15.7. The average molecular weight is 743 g/mol. The van der Waals surface area contributed by atoms with Crippen molar-refractivity contribution in [1.82, 2.24) is 0 Å². The Morgan fingerprint density at radius 2 is 0.780 bits per heavy atom. The van der Waals surface area contributed by atoms with Crippen molar-refractivity contribution in [2.45, 2.75) is 189 Å². The second-order valence-electron chi connectivity index (χ2n) is 14.6. The van der Waals surface area contributed by atoms with Gasteiger partial charge in [0.1, 0.15) is 24.4 Å². The van der Waals surface area contributed by atoms with Crippen molar-refractivity contribution in [2.24, 2.45) is 0 Å². The van der Waals surface area contributed by atoms with Crippen LogP contribution in [-0.2, 0) is 13.8 Å². The minimum Gasteiger partial charge on any atom is -0.790 e. The molecule has 50 heavy (non-hydrogen) atoms. The van der Waals surface area contributed by atoms with E-state index in [0.717, 1.165) is 0 Å². The van der Waals surface area contributed by atoms with Gasteiger partial charge in [0.15, 0.2) is 6.29 Å². The Balaban J connectivity index is 0. The van der Waals surface area contributed by atoms with Crippen LogP contribution >= 0.6 is 7.82 Å². The molecule has 4 N–H and O–H groups in total. The first-order valence-corrected chi connectivity index (χ1v) is 21.9. The number of unbranched alkanes of at least 4 members (excludes halogenated alkanes) is 8. The lowest BCUT2D eigenvalue weighted by atomic mass is 10.00.